The van der Waals surface area contributed by atoms with Gasteiger partial charge in [0, 0.05) is 18.3 Å². The highest BCUT2D eigenvalue weighted by atomic mass is 127. The molecule has 0 aliphatic heterocycles. The first kappa shape index (κ1) is 22.1. The maximum Gasteiger partial charge on any atom is 0.319 e. The molecule has 0 aromatic heterocycles. The molecule has 0 atom stereocenters. The largest absolute Gasteiger partial charge is 0.357 e. The maximum absolute atomic E-state index is 11.6. The van der Waals surface area contributed by atoms with E-state index in [1.165, 1.54) is 0 Å². The first-order chi connectivity index (χ1) is 11.0. The van der Waals surface area contributed by atoms with E-state index >= 15 is 0 Å². The Labute approximate surface area is 161 Å². The van der Waals surface area contributed by atoms with E-state index in [9.17, 15) is 4.79 Å². The summed E-state index contributed by atoms with van der Waals surface area (Å²) in [6, 6.07) is 7.46. The van der Waals surface area contributed by atoms with Crippen molar-refractivity contribution in [2.75, 3.05) is 18.4 Å². The second-order valence-corrected chi connectivity index (χ2v) is 5.20. The molecule has 6 nitrogen and oxygen atoms in total. The van der Waals surface area contributed by atoms with Gasteiger partial charge in [0.15, 0.2) is 5.96 Å². The molecule has 24 heavy (non-hydrogen) atoms. The molecule has 0 bridgehead atoms. The summed E-state index contributed by atoms with van der Waals surface area (Å²) in [7, 11) is 0. The third kappa shape index (κ3) is 9.25. The fourth-order valence-electron chi connectivity index (χ4n) is 1.77. The summed E-state index contributed by atoms with van der Waals surface area (Å²) in [4.78, 5) is 16.1. The lowest BCUT2D eigenvalue weighted by Crippen LogP contribution is -2.37. The number of nitrogens with one attached hydrogen (secondary N) is 4. The number of terminal acetylenes is 1. The number of urea groups is 1. The van der Waals surface area contributed by atoms with E-state index in [0.717, 1.165) is 17.8 Å². The zero-order valence-corrected chi connectivity index (χ0v) is 16.7. The Morgan fingerprint density at radius 2 is 1.92 bits per heavy atom. The van der Waals surface area contributed by atoms with Gasteiger partial charge in [-0.2, -0.15) is 0 Å². The fraction of sp³-hybridized carbons (Fsp3) is 0.412. The Morgan fingerprint density at radius 3 is 2.46 bits per heavy atom. The van der Waals surface area contributed by atoms with Crippen molar-refractivity contribution in [3.63, 3.8) is 0 Å². The number of anilines is 1. The number of aliphatic imine (C=N–C) groups is 1. The molecule has 1 aromatic rings. The number of guanidine groups is 1. The molecule has 7 heteroatoms. The van der Waals surface area contributed by atoms with Crippen molar-refractivity contribution >= 4 is 41.7 Å². The van der Waals surface area contributed by atoms with Crippen molar-refractivity contribution in [2.45, 2.75) is 33.4 Å². The fourth-order valence-corrected chi connectivity index (χ4v) is 1.77. The molecule has 0 aliphatic rings. The highest BCUT2D eigenvalue weighted by Gasteiger charge is 2.03. The van der Waals surface area contributed by atoms with Gasteiger partial charge in [-0.15, -0.1) is 30.4 Å². The Hall–Kier alpha value is -1.95. The molecule has 0 fully saturated rings. The molecule has 132 valence electrons. The number of benzene rings is 1. The summed E-state index contributed by atoms with van der Waals surface area (Å²) in [5.41, 5.74) is 1.78. The van der Waals surface area contributed by atoms with Crippen molar-refractivity contribution in [1.82, 2.24) is 16.0 Å². The minimum absolute atomic E-state index is 0. The van der Waals surface area contributed by atoms with Crippen LogP contribution in [-0.2, 0) is 6.54 Å². The summed E-state index contributed by atoms with van der Waals surface area (Å²) >= 11 is 0. The summed E-state index contributed by atoms with van der Waals surface area (Å²) in [6.45, 7) is 7.55. The first-order valence-corrected chi connectivity index (χ1v) is 7.67. The molecule has 2 amide bonds. The molecule has 1 rings (SSSR count). The minimum Gasteiger partial charge on any atom is -0.357 e. The van der Waals surface area contributed by atoms with Gasteiger partial charge in [-0.3, -0.25) is 0 Å². The number of carbonyl (C=O) groups is 1. The Bertz CT molecular complexity index is 563. The van der Waals surface area contributed by atoms with Crippen LogP contribution in [0.4, 0.5) is 10.5 Å². The molecular weight excluding hydrogens is 417 g/mol. The molecule has 0 saturated heterocycles. The molecule has 0 unspecified atom stereocenters. The number of amides is 2. The van der Waals surface area contributed by atoms with Gasteiger partial charge >= 0.3 is 6.03 Å². The van der Waals surface area contributed by atoms with Crippen LogP contribution in [0.1, 0.15) is 26.3 Å². The predicted octanol–water partition coefficient (Wildman–Crippen LogP) is 2.52. The topological polar surface area (TPSA) is 77.5 Å². The molecule has 0 heterocycles. The van der Waals surface area contributed by atoms with Crippen LogP contribution < -0.4 is 21.3 Å². The van der Waals surface area contributed by atoms with Gasteiger partial charge < -0.3 is 21.3 Å². The van der Waals surface area contributed by atoms with Crippen molar-refractivity contribution in [2.24, 2.45) is 4.99 Å². The van der Waals surface area contributed by atoms with Gasteiger partial charge in [-0.1, -0.05) is 18.1 Å². The van der Waals surface area contributed by atoms with E-state index < -0.39 is 0 Å². The molecule has 0 radical (unpaired) electrons. The van der Waals surface area contributed by atoms with E-state index in [2.05, 4.69) is 32.2 Å². The van der Waals surface area contributed by atoms with Crippen LogP contribution in [0.15, 0.2) is 29.3 Å². The molecule has 4 N–H and O–H groups in total. The summed E-state index contributed by atoms with van der Waals surface area (Å²) in [6.07, 6.45) is 5.23. The zero-order valence-electron chi connectivity index (χ0n) is 14.3. The van der Waals surface area contributed by atoms with Gasteiger partial charge in [0.25, 0.3) is 0 Å². The molecule has 0 spiro atoms. The second kappa shape index (κ2) is 12.5. The van der Waals surface area contributed by atoms with Crippen molar-refractivity contribution in [3.05, 3.63) is 29.8 Å². The highest BCUT2D eigenvalue weighted by molar-refractivity contribution is 14.0. The number of rotatable bonds is 6. The summed E-state index contributed by atoms with van der Waals surface area (Å²) in [5.74, 6) is 3.20. The normalized spacial score (nSPS) is 10.4. The molecule has 0 aliphatic carbocycles. The lowest BCUT2D eigenvalue weighted by Gasteiger charge is -2.11. The smallest absolute Gasteiger partial charge is 0.319 e. The van der Waals surface area contributed by atoms with Gasteiger partial charge in [0.2, 0.25) is 0 Å². The third-order valence-electron chi connectivity index (χ3n) is 2.75. The van der Waals surface area contributed by atoms with Crippen molar-refractivity contribution in [3.8, 4) is 12.3 Å². The van der Waals surface area contributed by atoms with Crippen LogP contribution in [-0.4, -0.2) is 31.1 Å². The number of carbonyl (C=O) groups excluding carboxylic acids is 1. The van der Waals surface area contributed by atoms with Crippen LogP contribution in [0.25, 0.3) is 0 Å². The van der Waals surface area contributed by atoms with E-state index in [1.54, 1.807) is 0 Å². The standard InChI is InChI=1S/C17H25N5O.HI/c1-5-11-19-16(18-6-2)20-12-14-7-9-15(10-8-14)22-17(23)21-13(3)4;/h1,7-10,13H,6,11-12H2,2-4H3,(H2,18,19,20)(H2,21,22,23);1H. The van der Waals surface area contributed by atoms with E-state index in [1.807, 2.05) is 45.0 Å². The predicted molar refractivity (Wildman–Crippen MR) is 111 cm³/mol. The van der Waals surface area contributed by atoms with Gasteiger partial charge in [-0.05, 0) is 38.5 Å². The Kier molecular flexibility index (Phi) is 11.5. The number of hydrogen-bond donors (Lipinski definition) is 4. The lowest BCUT2D eigenvalue weighted by molar-refractivity contribution is 0.250. The van der Waals surface area contributed by atoms with Crippen LogP contribution in [0.3, 0.4) is 0 Å². The number of nitrogens with zero attached hydrogens (tertiary/aromatic N) is 1. The average Bonchev–Trinajstić information content (AvgIpc) is 2.50. The maximum atomic E-state index is 11.6. The number of hydrogen-bond acceptors (Lipinski definition) is 2. The Balaban J connectivity index is 0.00000529. The molecular formula is C17H26IN5O. The van der Waals surface area contributed by atoms with Crippen LogP contribution in [0, 0.1) is 12.3 Å². The number of halogens is 1. The third-order valence-corrected chi connectivity index (χ3v) is 2.75. The minimum atomic E-state index is -0.210. The second-order valence-electron chi connectivity index (χ2n) is 5.20. The van der Waals surface area contributed by atoms with Gasteiger partial charge in [-0.25, -0.2) is 9.79 Å². The van der Waals surface area contributed by atoms with Crippen molar-refractivity contribution in [1.29, 1.82) is 0 Å². The Morgan fingerprint density at radius 1 is 1.25 bits per heavy atom. The lowest BCUT2D eigenvalue weighted by atomic mass is 10.2. The quantitative estimate of drug-likeness (QED) is 0.236. The first-order valence-electron chi connectivity index (χ1n) is 7.67. The average molecular weight is 443 g/mol. The monoisotopic (exact) mass is 443 g/mol. The summed E-state index contributed by atoms with van der Waals surface area (Å²) in [5, 5.41) is 11.7. The molecule has 1 aromatic carbocycles. The highest BCUT2D eigenvalue weighted by Crippen LogP contribution is 2.10. The van der Waals surface area contributed by atoms with E-state index in [-0.39, 0.29) is 36.0 Å². The van der Waals surface area contributed by atoms with E-state index in [0.29, 0.717) is 19.0 Å². The van der Waals surface area contributed by atoms with Crippen molar-refractivity contribution < 1.29 is 4.79 Å². The van der Waals surface area contributed by atoms with Crippen LogP contribution >= 0.6 is 24.0 Å². The SMILES string of the molecule is C#CCNC(=NCc1ccc(NC(=O)NC(C)C)cc1)NCC.I. The van der Waals surface area contributed by atoms with Gasteiger partial charge in [0.1, 0.15) is 0 Å². The van der Waals surface area contributed by atoms with E-state index in [4.69, 9.17) is 6.42 Å². The summed E-state index contributed by atoms with van der Waals surface area (Å²) < 4.78 is 0. The zero-order chi connectivity index (χ0) is 17.1. The van der Waals surface area contributed by atoms with Gasteiger partial charge in [0.05, 0.1) is 13.1 Å². The van der Waals surface area contributed by atoms with Crippen LogP contribution in [0.5, 0.6) is 0 Å². The van der Waals surface area contributed by atoms with Crippen LogP contribution in [0.2, 0.25) is 0 Å². The molecule has 0 saturated carbocycles.